The van der Waals surface area contributed by atoms with Crippen molar-refractivity contribution in [2.45, 2.75) is 30.5 Å². The standard InChI is InChI=1S/C14H17ClN4S/c1-9(2)12-13(19-16)17-8-18-14(12)20-7-10-3-5-11(15)6-4-10/h3-6,8-9H,7,16H2,1-2H3,(H,17,18,19). The van der Waals surface area contributed by atoms with Gasteiger partial charge in [-0.25, -0.2) is 15.8 Å². The van der Waals surface area contributed by atoms with Gasteiger partial charge in [0, 0.05) is 16.3 Å². The van der Waals surface area contributed by atoms with Crippen LogP contribution in [0.4, 0.5) is 5.82 Å². The topological polar surface area (TPSA) is 63.8 Å². The Hall–Kier alpha value is -1.30. The van der Waals surface area contributed by atoms with Gasteiger partial charge < -0.3 is 5.43 Å². The second-order valence-corrected chi connectivity index (χ2v) is 6.06. The molecule has 0 aliphatic rings. The summed E-state index contributed by atoms with van der Waals surface area (Å²) in [7, 11) is 0. The van der Waals surface area contributed by atoms with E-state index in [2.05, 4.69) is 29.2 Å². The summed E-state index contributed by atoms with van der Waals surface area (Å²) in [5.74, 6) is 7.34. The molecule has 4 nitrogen and oxygen atoms in total. The summed E-state index contributed by atoms with van der Waals surface area (Å²) in [6.07, 6.45) is 1.53. The smallest absolute Gasteiger partial charge is 0.147 e. The van der Waals surface area contributed by atoms with Crippen molar-refractivity contribution in [3.63, 3.8) is 0 Å². The van der Waals surface area contributed by atoms with Gasteiger partial charge in [-0.1, -0.05) is 37.6 Å². The molecule has 1 heterocycles. The Morgan fingerprint density at radius 1 is 1.25 bits per heavy atom. The average Bonchev–Trinajstić information content (AvgIpc) is 2.46. The number of nitrogens with zero attached hydrogens (tertiary/aromatic N) is 2. The maximum absolute atomic E-state index is 5.89. The molecule has 0 amide bonds. The summed E-state index contributed by atoms with van der Waals surface area (Å²) < 4.78 is 0. The molecule has 0 radical (unpaired) electrons. The second kappa shape index (κ2) is 6.92. The van der Waals surface area contributed by atoms with Crippen LogP contribution < -0.4 is 11.3 Å². The van der Waals surface area contributed by atoms with Crippen molar-refractivity contribution in [3.8, 4) is 0 Å². The van der Waals surface area contributed by atoms with E-state index in [1.54, 1.807) is 11.8 Å². The summed E-state index contributed by atoms with van der Waals surface area (Å²) in [4.78, 5) is 8.54. The zero-order valence-corrected chi connectivity index (χ0v) is 13.0. The predicted octanol–water partition coefficient (Wildman–Crippen LogP) is 3.83. The minimum atomic E-state index is 0.301. The van der Waals surface area contributed by atoms with Gasteiger partial charge in [0.15, 0.2) is 0 Å². The van der Waals surface area contributed by atoms with E-state index in [1.165, 1.54) is 11.9 Å². The summed E-state index contributed by atoms with van der Waals surface area (Å²) >= 11 is 7.56. The van der Waals surface area contributed by atoms with Crippen molar-refractivity contribution in [3.05, 3.63) is 46.7 Å². The fourth-order valence-corrected chi connectivity index (χ4v) is 3.09. The van der Waals surface area contributed by atoms with Crippen LogP contribution >= 0.6 is 23.4 Å². The minimum Gasteiger partial charge on any atom is -0.308 e. The third kappa shape index (κ3) is 3.62. The fourth-order valence-electron chi connectivity index (χ4n) is 1.86. The van der Waals surface area contributed by atoms with Gasteiger partial charge in [-0.2, -0.15) is 0 Å². The van der Waals surface area contributed by atoms with E-state index in [9.17, 15) is 0 Å². The molecule has 0 unspecified atom stereocenters. The Labute approximate surface area is 128 Å². The van der Waals surface area contributed by atoms with Gasteiger partial charge in [-0.05, 0) is 23.6 Å². The first-order chi connectivity index (χ1) is 9.61. The molecule has 0 atom stereocenters. The van der Waals surface area contributed by atoms with Crippen LogP contribution in [0.2, 0.25) is 5.02 Å². The third-order valence-corrected chi connectivity index (χ3v) is 4.18. The van der Waals surface area contributed by atoms with E-state index in [1.807, 2.05) is 24.3 Å². The molecule has 1 aromatic carbocycles. The first-order valence-electron chi connectivity index (χ1n) is 6.30. The van der Waals surface area contributed by atoms with Crippen molar-refractivity contribution in [1.29, 1.82) is 0 Å². The molecule has 2 aromatic rings. The van der Waals surface area contributed by atoms with E-state index in [4.69, 9.17) is 17.4 Å². The van der Waals surface area contributed by atoms with Crippen LogP contribution in [0.25, 0.3) is 0 Å². The third-order valence-electron chi connectivity index (χ3n) is 2.85. The number of hydrazine groups is 1. The van der Waals surface area contributed by atoms with Crippen molar-refractivity contribution < 1.29 is 0 Å². The predicted molar refractivity (Wildman–Crippen MR) is 84.9 cm³/mol. The number of rotatable bonds is 5. The number of anilines is 1. The molecule has 20 heavy (non-hydrogen) atoms. The Morgan fingerprint density at radius 2 is 1.95 bits per heavy atom. The molecule has 0 bridgehead atoms. The molecule has 0 fully saturated rings. The molecule has 0 aliphatic carbocycles. The Bertz CT molecular complexity index is 572. The number of nitrogens with two attached hydrogens (primary N) is 1. The van der Waals surface area contributed by atoms with Gasteiger partial charge in [-0.3, -0.25) is 0 Å². The Kier molecular flexibility index (Phi) is 5.23. The monoisotopic (exact) mass is 308 g/mol. The van der Waals surface area contributed by atoms with E-state index in [-0.39, 0.29) is 0 Å². The highest BCUT2D eigenvalue weighted by Crippen LogP contribution is 2.32. The SMILES string of the molecule is CC(C)c1c(NN)ncnc1SCc1ccc(Cl)cc1. The normalized spacial score (nSPS) is 10.8. The number of halogens is 1. The van der Waals surface area contributed by atoms with Gasteiger partial charge in [0.2, 0.25) is 0 Å². The Balaban J connectivity index is 2.18. The zero-order chi connectivity index (χ0) is 14.5. The first kappa shape index (κ1) is 15.1. The lowest BCUT2D eigenvalue weighted by atomic mass is 10.1. The number of hydrogen-bond acceptors (Lipinski definition) is 5. The largest absolute Gasteiger partial charge is 0.308 e. The Morgan fingerprint density at radius 3 is 2.55 bits per heavy atom. The quantitative estimate of drug-likeness (QED) is 0.380. The van der Waals surface area contributed by atoms with Gasteiger partial charge in [-0.15, -0.1) is 11.8 Å². The molecule has 0 saturated carbocycles. The molecule has 106 valence electrons. The molecule has 1 aromatic heterocycles. The number of thioether (sulfide) groups is 1. The van der Waals surface area contributed by atoms with Crippen molar-refractivity contribution >= 4 is 29.2 Å². The van der Waals surface area contributed by atoms with Crippen molar-refractivity contribution in [2.24, 2.45) is 5.84 Å². The van der Waals surface area contributed by atoms with Crippen LogP contribution in [0.5, 0.6) is 0 Å². The molecule has 6 heteroatoms. The van der Waals surface area contributed by atoms with Gasteiger partial charge in [0.1, 0.15) is 17.2 Å². The van der Waals surface area contributed by atoms with E-state index in [0.29, 0.717) is 11.7 Å². The van der Waals surface area contributed by atoms with Crippen molar-refractivity contribution in [2.75, 3.05) is 5.43 Å². The number of nitrogen functional groups attached to an aromatic ring is 1. The second-order valence-electron chi connectivity index (χ2n) is 4.66. The van der Waals surface area contributed by atoms with Crippen LogP contribution in [-0.4, -0.2) is 9.97 Å². The van der Waals surface area contributed by atoms with Gasteiger partial charge in [0.05, 0.1) is 0 Å². The molecule has 2 rings (SSSR count). The van der Waals surface area contributed by atoms with Gasteiger partial charge >= 0.3 is 0 Å². The van der Waals surface area contributed by atoms with E-state index < -0.39 is 0 Å². The number of aromatic nitrogens is 2. The van der Waals surface area contributed by atoms with Crippen LogP contribution in [0.3, 0.4) is 0 Å². The number of benzene rings is 1. The van der Waals surface area contributed by atoms with Crippen molar-refractivity contribution in [1.82, 2.24) is 9.97 Å². The van der Waals surface area contributed by atoms with Crippen LogP contribution in [0, 0.1) is 0 Å². The summed E-state index contributed by atoms with van der Waals surface area (Å²) in [6, 6.07) is 7.84. The summed E-state index contributed by atoms with van der Waals surface area (Å²) in [6.45, 7) is 4.21. The number of hydrogen-bond donors (Lipinski definition) is 2. The van der Waals surface area contributed by atoms with Gasteiger partial charge in [0.25, 0.3) is 0 Å². The van der Waals surface area contributed by atoms with Crippen LogP contribution in [0.1, 0.15) is 30.9 Å². The molecule has 0 spiro atoms. The molecule has 0 saturated heterocycles. The highest BCUT2D eigenvalue weighted by Gasteiger charge is 2.14. The average molecular weight is 309 g/mol. The lowest BCUT2D eigenvalue weighted by Gasteiger charge is -2.14. The molecule has 0 aliphatic heterocycles. The van der Waals surface area contributed by atoms with Crippen LogP contribution in [-0.2, 0) is 5.75 Å². The number of nitrogens with one attached hydrogen (secondary N) is 1. The van der Waals surface area contributed by atoms with Crippen LogP contribution in [0.15, 0.2) is 35.6 Å². The maximum Gasteiger partial charge on any atom is 0.147 e. The van der Waals surface area contributed by atoms with E-state index in [0.717, 1.165) is 21.4 Å². The lowest BCUT2D eigenvalue weighted by Crippen LogP contribution is -2.13. The molecular formula is C14H17ClN4S. The molecule has 3 N–H and O–H groups in total. The maximum atomic E-state index is 5.89. The minimum absolute atomic E-state index is 0.301. The highest BCUT2D eigenvalue weighted by atomic mass is 35.5. The van der Waals surface area contributed by atoms with E-state index >= 15 is 0 Å². The highest BCUT2D eigenvalue weighted by molar-refractivity contribution is 7.98. The summed E-state index contributed by atoms with van der Waals surface area (Å²) in [5, 5.41) is 1.70. The first-order valence-corrected chi connectivity index (χ1v) is 7.67. The fraction of sp³-hybridized carbons (Fsp3) is 0.286. The zero-order valence-electron chi connectivity index (χ0n) is 11.4. The summed E-state index contributed by atoms with van der Waals surface area (Å²) in [5.41, 5.74) is 4.89. The molecular weight excluding hydrogens is 292 g/mol. The lowest BCUT2D eigenvalue weighted by molar-refractivity contribution is 0.804.